The number of imide groups is 1. The summed E-state index contributed by atoms with van der Waals surface area (Å²) in [4.78, 5) is 39.3. The molecular weight excluding hydrogens is 408 g/mol. The van der Waals surface area contributed by atoms with Crippen molar-refractivity contribution in [3.05, 3.63) is 52.6 Å². The smallest absolute Gasteiger partial charge is 0.421 e. The lowest BCUT2D eigenvalue weighted by atomic mass is 9.67. The third-order valence-electron chi connectivity index (χ3n) is 5.98. The molecule has 7 heteroatoms. The number of hydrogen-bond donors (Lipinski definition) is 0. The number of unbranched alkanes of at least 4 members (excludes halogenated alkanes) is 4. The summed E-state index contributed by atoms with van der Waals surface area (Å²) in [5.74, 6) is -1.02. The van der Waals surface area contributed by atoms with Gasteiger partial charge in [-0.15, -0.1) is 6.58 Å². The molecule has 0 aliphatic carbocycles. The molecule has 2 atom stereocenters. The van der Waals surface area contributed by atoms with E-state index in [2.05, 4.69) is 13.5 Å². The second kappa shape index (κ2) is 10.7. The van der Waals surface area contributed by atoms with E-state index in [1.807, 2.05) is 0 Å². The molecule has 1 aliphatic rings. The van der Waals surface area contributed by atoms with Crippen LogP contribution in [0.3, 0.4) is 0 Å². The number of amides is 2. The minimum Gasteiger partial charge on any atom is -0.443 e. The first-order chi connectivity index (χ1) is 15.1. The molecule has 1 aliphatic heterocycles. The van der Waals surface area contributed by atoms with Crippen LogP contribution in [0.2, 0.25) is 0 Å². The van der Waals surface area contributed by atoms with Crippen LogP contribution in [0.25, 0.3) is 0 Å². The van der Waals surface area contributed by atoms with Gasteiger partial charge in [-0.2, -0.15) is 0 Å². The maximum Gasteiger partial charge on any atom is 0.421 e. The molecular formula is C25H36N2O5. The Hall–Kier alpha value is -2.70. The number of allylic oxidation sites excluding steroid dienone is 1. The van der Waals surface area contributed by atoms with Gasteiger partial charge in [0.05, 0.1) is 11.1 Å². The highest BCUT2D eigenvalue weighted by Gasteiger charge is 2.58. The minimum absolute atomic E-state index is 0.218. The third-order valence-corrected chi connectivity index (χ3v) is 5.98. The summed E-state index contributed by atoms with van der Waals surface area (Å²) < 4.78 is 5.51. The molecule has 0 fully saturated rings. The second-order valence-electron chi connectivity index (χ2n) is 9.52. The first-order valence-electron chi connectivity index (χ1n) is 11.5. The van der Waals surface area contributed by atoms with E-state index in [4.69, 9.17) is 4.74 Å². The van der Waals surface area contributed by atoms with Gasteiger partial charge in [-0.3, -0.25) is 14.9 Å². The quantitative estimate of drug-likeness (QED) is 0.180. The van der Waals surface area contributed by atoms with Gasteiger partial charge in [0.1, 0.15) is 5.60 Å². The Labute approximate surface area is 191 Å². The molecule has 0 N–H and O–H groups in total. The zero-order valence-corrected chi connectivity index (χ0v) is 19.8. The number of carbonyl (C=O) groups is 2. The lowest BCUT2D eigenvalue weighted by Gasteiger charge is -2.34. The number of rotatable bonds is 11. The van der Waals surface area contributed by atoms with E-state index >= 15 is 0 Å². The molecule has 0 spiro atoms. The number of benzene rings is 1. The van der Waals surface area contributed by atoms with Gasteiger partial charge in [-0.25, -0.2) is 9.69 Å². The molecule has 1 aromatic carbocycles. The van der Waals surface area contributed by atoms with Gasteiger partial charge < -0.3 is 4.74 Å². The van der Waals surface area contributed by atoms with Crippen molar-refractivity contribution in [2.24, 2.45) is 5.92 Å². The Morgan fingerprint density at radius 2 is 1.91 bits per heavy atom. The van der Waals surface area contributed by atoms with Crippen molar-refractivity contribution in [1.82, 2.24) is 0 Å². The second-order valence-corrected chi connectivity index (χ2v) is 9.52. The van der Waals surface area contributed by atoms with E-state index < -0.39 is 28.9 Å². The molecule has 176 valence electrons. The molecule has 1 aromatic rings. The number of carbonyl (C=O) groups excluding carboxylic acids is 2. The van der Waals surface area contributed by atoms with Crippen LogP contribution >= 0.6 is 0 Å². The highest BCUT2D eigenvalue weighted by Crippen LogP contribution is 2.50. The van der Waals surface area contributed by atoms with Crippen molar-refractivity contribution >= 4 is 17.7 Å². The average molecular weight is 445 g/mol. The number of nitro groups is 1. The number of nitrogens with zero attached hydrogens (tertiary/aromatic N) is 2. The SMILES string of the molecule is C=CC[C@@]1([C@@H](CCCCCCC)C[N+](=O)[O-])C(=O)N(C(=O)OC(C)(C)C)c2ccccc21. The van der Waals surface area contributed by atoms with Crippen LogP contribution in [0.5, 0.6) is 0 Å². The van der Waals surface area contributed by atoms with E-state index in [1.54, 1.807) is 51.1 Å². The number of anilines is 1. The van der Waals surface area contributed by atoms with Crippen molar-refractivity contribution in [2.75, 3.05) is 11.4 Å². The summed E-state index contributed by atoms with van der Waals surface area (Å²) in [6.45, 7) is 10.8. The van der Waals surface area contributed by atoms with E-state index in [0.717, 1.165) is 37.0 Å². The van der Waals surface area contributed by atoms with Crippen molar-refractivity contribution in [3.8, 4) is 0 Å². The van der Waals surface area contributed by atoms with Crippen LogP contribution in [0.4, 0.5) is 10.5 Å². The lowest BCUT2D eigenvalue weighted by molar-refractivity contribution is -0.490. The Balaban J connectivity index is 2.51. The molecule has 0 bridgehead atoms. The monoisotopic (exact) mass is 444 g/mol. The van der Waals surface area contributed by atoms with Gasteiger partial charge >= 0.3 is 6.09 Å². The topological polar surface area (TPSA) is 89.8 Å². The largest absolute Gasteiger partial charge is 0.443 e. The van der Waals surface area contributed by atoms with Gasteiger partial charge in [0.15, 0.2) is 0 Å². The maximum atomic E-state index is 13.9. The van der Waals surface area contributed by atoms with E-state index in [-0.39, 0.29) is 17.9 Å². The molecule has 32 heavy (non-hydrogen) atoms. The van der Waals surface area contributed by atoms with Crippen LogP contribution < -0.4 is 4.90 Å². The molecule has 0 aromatic heterocycles. The van der Waals surface area contributed by atoms with Crippen LogP contribution in [0.15, 0.2) is 36.9 Å². The number of hydrogen-bond acceptors (Lipinski definition) is 5. The third kappa shape index (κ3) is 5.56. The van der Waals surface area contributed by atoms with Gasteiger partial charge in [0, 0.05) is 10.8 Å². The van der Waals surface area contributed by atoms with Crippen molar-refractivity contribution in [3.63, 3.8) is 0 Å². The first-order valence-corrected chi connectivity index (χ1v) is 11.5. The predicted molar refractivity (Wildman–Crippen MR) is 125 cm³/mol. The molecule has 0 radical (unpaired) electrons. The summed E-state index contributed by atoms with van der Waals surface area (Å²) in [6, 6.07) is 7.05. The standard InChI is InChI=1S/C25H36N2O5/c1-6-8-9-10-11-14-19(18-26(30)31)25(17-7-2)20-15-12-13-16-21(20)27(22(25)28)23(29)32-24(3,4)5/h7,12-13,15-16,19H,2,6,8-11,14,17-18H2,1,3-5H3/t19-,25-/m0/s1. The van der Waals surface area contributed by atoms with Crippen LogP contribution in [0.1, 0.15) is 78.2 Å². The van der Waals surface area contributed by atoms with Gasteiger partial charge in [-0.05, 0) is 45.2 Å². The number of para-hydroxylation sites is 1. The summed E-state index contributed by atoms with van der Waals surface area (Å²) in [7, 11) is 0. The Bertz CT molecular complexity index is 845. The highest BCUT2D eigenvalue weighted by molar-refractivity contribution is 6.21. The van der Waals surface area contributed by atoms with Crippen molar-refractivity contribution in [2.45, 2.75) is 83.7 Å². The Morgan fingerprint density at radius 3 is 2.50 bits per heavy atom. The van der Waals surface area contributed by atoms with Crippen LogP contribution in [-0.2, 0) is 14.9 Å². The molecule has 2 rings (SSSR count). The average Bonchev–Trinajstić information content (AvgIpc) is 2.95. The molecule has 1 heterocycles. The van der Waals surface area contributed by atoms with Gasteiger partial charge in [0.2, 0.25) is 12.5 Å². The summed E-state index contributed by atoms with van der Waals surface area (Å²) >= 11 is 0. The summed E-state index contributed by atoms with van der Waals surface area (Å²) in [6.07, 6.45) is 6.64. The van der Waals surface area contributed by atoms with E-state index in [9.17, 15) is 19.7 Å². The molecule has 0 saturated carbocycles. The van der Waals surface area contributed by atoms with Crippen LogP contribution in [-0.4, -0.2) is 29.1 Å². The fraction of sp³-hybridized carbons (Fsp3) is 0.600. The van der Waals surface area contributed by atoms with Crippen molar-refractivity contribution in [1.29, 1.82) is 0 Å². The zero-order valence-electron chi connectivity index (χ0n) is 19.8. The Morgan fingerprint density at radius 1 is 1.25 bits per heavy atom. The maximum absolute atomic E-state index is 13.9. The summed E-state index contributed by atoms with van der Waals surface area (Å²) in [5, 5.41) is 11.6. The lowest BCUT2D eigenvalue weighted by Crippen LogP contribution is -2.50. The molecule has 2 amide bonds. The molecule has 0 unspecified atom stereocenters. The van der Waals surface area contributed by atoms with Crippen molar-refractivity contribution < 1.29 is 19.2 Å². The minimum atomic E-state index is -1.22. The first kappa shape index (κ1) is 25.6. The fourth-order valence-corrected chi connectivity index (χ4v) is 4.61. The number of ether oxygens (including phenoxy) is 1. The molecule has 7 nitrogen and oxygen atoms in total. The van der Waals surface area contributed by atoms with E-state index in [0.29, 0.717) is 17.7 Å². The van der Waals surface area contributed by atoms with E-state index in [1.165, 1.54) is 0 Å². The van der Waals surface area contributed by atoms with Gasteiger partial charge in [-0.1, -0.05) is 63.3 Å². The number of fused-ring (bicyclic) bond motifs is 1. The highest BCUT2D eigenvalue weighted by atomic mass is 16.6. The predicted octanol–water partition coefficient (Wildman–Crippen LogP) is 6.04. The van der Waals surface area contributed by atoms with Crippen LogP contribution in [0, 0.1) is 16.0 Å². The normalized spacial score (nSPS) is 18.9. The Kier molecular flexibility index (Phi) is 8.58. The molecule has 0 saturated heterocycles. The zero-order chi connectivity index (χ0) is 23.9. The fourth-order valence-electron chi connectivity index (χ4n) is 4.61. The van der Waals surface area contributed by atoms with Gasteiger partial charge in [0.25, 0.3) is 0 Å². The summed E-state index contributed by atoms with van der Waals surface area (Å²) in [5.41, 5.74) is -0.924.